The molecule has 7 nitrogen and oxygen atoms in total. The lowest BCUT2D eigenvalue weighted by molar-refractivity contribution is 0.634. The number of rotatable bonds is 6. The largest absolute Gasteiger partial charge is 0.354 e. The molecule has 0 spiro atoms. The summed E-state index contributed by atoms with van der Waals surface area (Å²) in [6.45, 7) is 6.99. The van der Waals surface area contributed by atoms with Crippen molar-refractivity contribution in [2.75, 3.05) is 26.0 Å². The number of guanidine groups is 1. The second-order valence-corrected chi connectivity index (χ2v) is 7.30. The first-order valence-electron chi connectivity index (χ1n) is 8.39. The molecule has 2 rings (SSSR count). The zero-order valence-corrected chi connectivity index (χ0v) is 19.8. The van der Waals surface area contributed by atoms with Crippen LogP contribution in [-0.4, -0.2) is 47.9 Å². The predicted molar refractivity (Wildman–Crippen MR) is 121 cm³/mol. The topological polar surface area (TPSA) is 70.4 Å². The zero-order chi connectivity index (χ0) is 18.6. The minimum atomic E-state index is 0. The van der Waals surface area contributed by atoms with Gasteiger partial charge in [0.25, 0.3) is 0 Å². The first-order valence-corrected chi connectivity index (χ1v) is 9.27. The van der Waals surface area contributed by atoms with Crippen LogP contribution in [-0.2, 0) is 20.0 Å². The number of thiazole rings is 1. The van der Waals surface area contributed by atoms with Crippen LogP contribution in [0.15, 0.2) is 10.4 Å². The predicted octanol–water partition coefficient (Wildman–Crippen LogP) is 2.47. The lowest BCUT2D eigenvalue weighted by atomic mass is 10.1. The highest BCUT2D eigenvalue weighted by molar-refractivity contribution is 14.0. The molecular weight excluding hydrogens is 461 g/mol. The van der Waals surface area contributed by atoms with E-state index in [0.717, 1.165) is 28.9 Å². The Labute approximate surface area is 177 Å². The van der Waals surface area contributed by atoms with Crippen LogP contribution in [0, 0.1) is 13.8 Å². The standard InChI is InChI=1S/C17H29N7S.HI/c1-11(8-15-12(2)22-24(7)13(15)3)20-16(18-4)19-9-14-10-25-17(21-14)23(5)6;/h10-11H,8-9H2,1-7H3,(H2,18,19,20);1H. The van der Waals surface area contributed by atoms with Gasteiger partial charge in [-0.3, -0.25) is 9.67 Å². The first kappa shape index (κ1) is 22.7. The van der Waals surface area contributed by atoms with Crippen molar-refractivity contribution in [1.29, 1.82) is 0 Å². The number of nitrogens with zero attached hydrogens (tertiary/aromatic N) is 5. The van der Waals surface area contributed by atoms with Crippen molar-refractivity contribution in [3.8, 4) is 0 Å². The molecule has 0 bridgehead atoms. The highest BCUT2D eigenvalue weighted by atomic mass is 127. The Morgan fingerprint density at radius 2 is 2.08 bits per heavy atom. The Morgan fingerprint density at radius 3 is 2.58 bits per heavy atom. The number of halogens is 1. The fourth-order valence-electron chi connectivity index (χ4n) is 2.66. The van der Waals surface area contributed by atoms with Gasteiger partial charge in [-0.1, -0.05) is 0 Å². The fourth-order valence-corrected chi connectivity index (χ4v) is 3.41. The molecule has 2 aromatic rings. The molecular formula is C17H30IN7S. The monoisotopic (exact) mass is 491 g/mol. The van der Waals surface area contributed by atoms with Crippen molar-refractivity contribution in [3.05, 3.63) is 28.0 Å². The molecule has 26 heavy (non-hydrogen) atoms. The molecule has 146 valence electrons. The molecule has 0 radical (unpaired) electrons. The van der Waals surface area contributed by atoms with Crippen LogP contribution in [0.3, 0.4) is 0 Å². The summed E-state index contributed by atoms with van der Waals surface area (Å²) in [5.41, 5.74) is 4.62. The van der Waals surface area contributed by atoms with Crippen molar-refractivity contribution in [3.63, 3.8) is 0 Å². The average molecular weight is 491 g/mol. The molecule has 0 aliphatic carbocycles. The van der Waals surface area contributed by atoms with Crippen LogP contribution in [0.25, 0.3) is 0 Å². The minimum absolute atomic E-state index is 0. The van der Waals surface area contributed by atoms with Gasteiger partial charge in [0.1, 0.15) is 0 Å². The highest BCUT2D eigenvalue weighted by Gasteiger charge is 2.14. The molecule has 0 fully saturated rings. The summed E-state index contributed by atoms with van der Waals surface area (Å²) in [5, 5.41) is 14.3. The maximum Gasteiger partial charge on any atom is 0.191 e. The van der Waals surface area contributed by atoms with Crippen molar-refractivity contribution in [1.82, 2.24) is 25.4 Å². The summed E-state index contributed by atoms with van der Waals surface area (Å²) < 4.78 is 1.94. The van der Waals surface area contributed by atoms with Gasteiger partial charge in [-0.25, -0.2) is 4.98 Å². The Balaban J connectivity index is 0.00000338. The van der Waals surface area contributed by atoms with E-state index >= 15 is 0 Å². The summed E-state index contributed by atoms with van der Waals surface area (Å²) in [4.78, 5) is 10.9. The van der Waals surface area contributed by atoms with Crippen molar-refractivity contribution in [2.24, 2.45) is 12.0 Å². The molecule has 0 amide bonds. The summed E-state index contributed by atoms with van der Waals surface area (Å²) in [7, 11) is 7.77. The van der Waals surface area contributed by atoms with Crippen LogP contribution < -0.4 is 15.5 Å². The van der Waals surface area contributed by atoms with Crippen molar-refractivity contribution >= 4 is 46.4 Å². The van der Waals surface area contributed by atoms with E-state index in [-0.39, 0.29) is 30.0 Å². The second kappa shape index (κ2) is 10.1. The smallest absolute Gasteiger partial charge is 0.191 e. The van der Waals surface area contributed by atoms with Crippen LogP contribution >= 0.6 is 35.3 Å². The van der Waals surface area contributed by atoms with E-state index in [1.54, 1.807) is 18.4 Å². The van der Waals surface area contributed by atoms with E-state index in [1.807, 2.05) is 30.7 Å². The summed E-state index contributed by atoms with van der Waals surface area (Å²) >= 11 is 1.64. The van der Waals surface area contributed by atoms with E-state index in [4.69, 9.17) is 0 Å². The van der Waals surface area contributed by atoms with E-state index in [1.165, 1.54) is 11.3 Å². The average Bonchev–Trinajstić information content (AvgIpc) is 3.12. The van der Waals surface area contributed by atoms with Gasteiger partial charge in [0.15, 0.2) is 11.1 Å². The number of hydrogen-bond acceptors (Lipinski definition) is 5. The second-order valence-electron chi connectivity index (χ2n) is 6.46. The minimum Gasteiger partial charge on any atom is -0.354 e. The highest BCUT2D eigenvalue weighted by Crippen LogP contribution is 2.17. The molecule has 1 atom stereocenters. The van der Waals surface area contributed by atoms with Crippen molar-refractivity contribution < 1.29 is 0 Å². The number of aromatic nitrogens is 3. The van der Waals surface area contributed by atoms with E-state index in [0.29, 0.717) is 6.54 Å². The third kappa shape index (κ3) is 5.83. The van der Waals surface area contributed by atoms with E-state index in [2.05, 4.69) is 51.9 Å². The van der Waals surface area contributed by atoms with E-state index in [9.17, 15) is 0 Å². The Morgan fingerprint density at radius 1 is 1.38 bits per heavy atom. The maximum atomic E-state index is 4.58. The normalized spacial score (nSPS) is 12.5. The summed E-state index contributed by atoms with van der Waals surface area (Å²) in [5.74, 6) is 0.783. The van der Waals surface area contributed by atoms with Gasteiger partial charge >= 0.3 is 0 Å². The van der Waals surface area contributed by atoms with Gasteiger partial charge in [-0.15, -0.1) is 35.3 Å². The zero-order valence-electron chi connectivity index (χ0n) is 16.6. The molecule has 0 saturated carbocycles. The van der Waals surface area contributed by atoms with Crippen LogP contribution in [0.1, 0.15) is 29.6 Å². The first-order chi connectivity index (χ1) is 11.8. The van der Waals surface area contributed by atoms with Gasteiger partial charge in [0, 0.05) is 45.3 Å². The molecule has 1 unspecified atom stereocenters. The van der Waals surface area contributed by atoms with Crippen molar-refractivity contribution in [2.45, 2.75) is 39.8 Å². The molecule has 0 saturated heterocycles. The van der Waals surface area contributed by atoms with Gasteiger partial charge in [0.05, 0.1) is 17.9 Å². The van der Waals surface area contributed by atoms with Crippen LogP contribution in [0.2, 0.25) is 0 Å². The van der Waals surface area contributed by atoms with Gasteiger partial charge in [-0.05, 0) is 32.8 Å². The Kier molecular flexibility index (Phi) is 8.81. The third-order valence-corrected chi connectivity index (χ3v) is 5.19. The maximum absolute atomic E-state index is 4.58. The number of aryl methyl sites for hydroxylation is 2. The quantitative estimate of drug-likeness (QED) is 0.369. The lowest BCUT2D eigenvalue weighted by Gasteiger charge is -2.18. The molecule has 9 heteroatoms. The SMILES string of the molecule is CN=C(NCc1csc(N(C)C)n1)NC(C)Cc1c(C)nn(C)c1C.I. The van der Waals surface area contributed by atoms with Gasteiger partial charge < -0.3 is 15.5 Å². The molecule has 0 aromatic carbocycles. The molecule has 2 N–H and O–H groups in total. The Bertz CT molecular complexity index is 736. The van der Waals surface area contributed by atoms with Crippen LogP contribution in [0.5, 0.6) is 0 Å². The Hall–Kier alpha value is -1.36. The molecule has 2 aromatic heterocycles. The van der Waals surface area contributed by atoms with Crippen LogP contribution in [0.4, 0.5) is 5.13 Å². The summed E-state index contributed by atoms with van der Waals surface area (Å²) in [6, 6.07) is 0.251. The third-order valence-electron chi connectivity index (χ3n) is 4.14. The van der Waals surface area contributed by atoms with Gasteiger partial charge in [-0.2, -0.15) is 5.10 Å². The molecule has 2 heterocycles. The summed E-state index contributed by atoms with van der Waals surface area (Å²) in [6.07, 6.45) is 0.910. The number of aliphatic imine (C=N–C) groups is 1. The van der Waals surface area contributed by atoms with E-state index < -0.39 is 0 Å². The lowest BCUT2D eigenvalue weighted by Crippen LogP contribution is -2.42. The number of anilines is 1. The number of hydrogen-bond donors (Lipinski definition) is 2. The fraction of sp³-hybridized carbons (Fsp3) is 0.588. The van der Waals surface area contributed by atoms with Gasteiger partial charge in [0.2, 0.25) is 0 Å². The molecule has 0 aliphatic rings. The molecule has 0 aliphatic heterocycles. The number of nitrogens with one attached hydrogen (secondary N) is 2.